The number of aliphatic hydroxyl groups excluding tert-OH is 1. The number of aromatic nitrogens is 3. The van der Waals surface area contributed by atoms with Gasteiger partial charge in [-0.05, 0) is 67.9 Å². The summed E-state index contributed by atoms with van der Waals surface area (Å²) in [6.07, 6.45) is 5.02. The van der Waals surface area contributed by atoms with Crippen molar-refractivity contribution in [3.63, 3.8) is 0 Å². The molecule has 40 heavy (non-hydrogen) atoms. The largest absolute Gasteiger partial charge is 0.475 e. The Balaban J connectivity index is 1.44. The second-order valence-electron chi connectivity index (χ2n) is 11.2. The first-order valence-corrected chi connectivity index (χ1v) is 13.4. The number of pyridine rings is 1. The van der Waals surface area contributed by atoms with Gasteiger partial charge in [0.05, 0.1) is 18.0 Å². The van der Waals surface area contributed by atoms with Gasteiger partial charge in [0.1, 0.15) is 18.2 Å². The number of nitrogens with zero attached hydrogens (tertiary/aromatic N) is 3. The number of halogens is 1. The highest BCUT2D eigenvalue weighted by atomic mass is 19.1. The molecular weight excluding hydrogens is 515 g/mol. The van der Waals surface area contributed by atoms with Gasteiger partial charge in [-0.25, -0.2) is 19.2 Å². The molecule has 2 aromatic heterocycles. The zero-order valence-electron chi connectivity index (χ0n) is 22.8. The number of ether oxygens (including phenoxy) is 1. The number of anilines is 2. The predicted octanol–water partition coefficient (Wildman–Crippen LogP) is 4.68. The first-order chi connectivity index (χ1) is 19.1. The average Bonchev–Trinajstić information content (AvgIpc) is 3.74. The Hall–Kier alpha value is -4.12. The number of carbonyl (C=O) groups is 2. The van der Waals surface area contributed by atoms with Gasteiger partial charge in [0.15, 0.2) is 5.82 Å². The lowest BCUT2D eigenvalue weighted by Crippen LogP contribution is -2.49. The summed E-state index contributed by atoms with van der Waals surface area (Å²) in [4.78, 5) is 38.2. The van der Waals surface area contributed by atoms with Crippen LogP contribution in [-0.2, 0) is 4.79 Å². The van der Waals surface area contributed by atoms with Crippen molar-refractivity contribution in [2.24, 2.45) is 11.3 Å². The highest BCUT2D eigenvalue weighted by Gasteiger charge is 2.36. The third kappa shape index (κ3) is 6.53. The van der Waals surface area contributed by atoms with E-state index in [4.69, 9.17) is 9.72 Å². The number of hydrogen-bond acceptors (Lipinski definition) is 7. The fourth-order valence-electron chi connectivity index (χ4n) is 4.89. The molecular formula is C29H33FN6O4. The van der Waals surface area contributed by atoms with Gasteiger partial charge in [0.25, 0.3) is 0 Å². The Labute approximate surface area is 231 Å². The molecule has 4 N–H and O–H groups in total. The van der Waals surface area contributed by atoms with Gasteiger partial charge in [-0.15, -0.1) is 0 Å². The summed E-state index contributed by atoms with van der Waals surface area (Å²) in [6.45, 7) is 5.83. The smallest absolute Gasteiger partial charge is 0.319 e. The number of aryl methyl sites for hydroxylation is 1. The van der Waals surface area contributed by atoms with Gasteiger partial charge in [0.2, 0.25) is 11.8 Å². The summed E-state index contributed by atoms with van der Waals surface area (Å²) in [5, 5.41) is 17.6. The van der Waals surface area contributed by atoms with E-state index in [0.29, 0.717) is 34.0 Å². The van der Waals surface area contributed by atoms with E-state index < -0.39 is 11.8 Å². The molecule has 3 amide bonds. The monoisotopic (exact) mass is 548 g/mol. The molecule has 2 fully saturated rings. The zero-order chi connectivity index (χ0) is 28.4. The summed E-state index contributed by atoms with van der Waals surface area (Å²) in [7, 11) is 0. The van der Waals surface area contributed by atoms with Crippen LogP contribution < -0.4 is 20.7 Å². The molecule has 0 atom stereocenters. The number of urea groups is 1. The third-order valence-corrected chi connectivity index (χ3v) is 7.03. The van der Waals surface area contributed by atoms with Gasteiger partial charge < -0.3 is 25.8 Å². The second-order valence-corrected chi connectivity index (χ2v) is 11.2. The Morgan fingerprint density at radius 3 is 2.60 bits per heavy atom. The molecule has 2 aliphatic rings. The van der Waals surface area contributed by atoms with E-state index in [1.807, 2.05) is 0 Å². The molecule has 5 rings (SSSR count). The Bertz CT molecular complexity index is 1430. The summed E-state index contributed by atoms with van der Waals surface area (Å²) in [6, 6.07) is 7.43. The molecule has 2 aliphatic carbocycles. The third-order valence-electron chi connectivity index (χ3n) is 7.03. The van der Waals surface area contributed by atoms with Crippen LogP contribution in [0.1, 0.15) is 45.1 Å². The van der Waals surface area contributed by atoms with Crippen LogP contribution in [0.25, 0.3) is 22.6 Å². The van der Waals surface area contributed by atoms with Crippen LogP contribution in [-0.4, -0.2) is 51.3 Å². The minimum absolute atomic E-state index is 0.0162. The zero-order valence-corrected chi connectivity index (χ0v) is 22.8. The van der Waals surface area contributed by atoms with E-state index in [9.17, 15) is 19.1 Å². The Morgan fingerprint density at radius 2 is 1.90 bits per heavy atom. The average molecular weight is 549 g/mol. The molecule has 2 saturated carbocycles. The molecule has 0 bridgehead atoms. The maximum Gasteiger partial charge on any atom is 0.319 e. The predicted molar refractivity (Wildman–Crippen MR) is 148 cm³/mol. The number of nitrogens with one attached hydrogen (secondary N) is 3. The highest BCUT2D eigenvalue weighted by molar-refractivity contribution is 5.93. The minimum Gasteiger partial charge on any atom is -0.475 e. The van der Waals surface area contributed by atoms with Crippen molar-refractivity contribution in [1.29, 1.82) is 0 Å². The molecule has 0 saturated heterocycles. The number of carbonyl (C=O) groups excluding carboxylic acids is 2. The summed E-state index contributed by atoms with van der Waals surface area (Å²) in [5.41, 5.74) is 2.38. The first kappa shape index (κ1) is 27.4. The minimum atomic E-state index is -0.568. The van der Waals surface area contributed by atoms with Crippen molar-refractivity contribution in [3.8, 4) is 28.5 Å². The van der Waals surface area contributed by atoms with Crippen LogP contribution in [0.3, 0.4) is 0 Å². The van der Waals surface area contributed by atoms with Crippen molar-refractivity contribution < 1.29 is 23.8 Å². The first-order valence-electron chi connectivity index (χ1n) is 13.4. The van der Waals surface area contributed by atoms with E-state index in [2.05, 4.69) is 39.8 Å². The maximum atomic E-state index is 14.9. The van der Waals surface area contributed by atoms with E-state index in [0.717, 1.165) is 25.7 Å². The number of aliphatic hydroxyl groups is 1. The van der Waals surface area contributed by atoms with Gasteiger partial charge >= 0.3 is 6.03 Å². The molecule has 10 nitrogen and oxygen atoms in total. The molecule has 210 valence electrons. The highest BCUT2D eigenvalue weighted by Crippen LogP contribution is 2.40. The van der Waals surface area contributed by atoms with E-state index in [1.165, 1.54) is 12.1 Å². The molecule has 1 aromatic carbocycles. The van der Waals surface area contributed by atoms with Crippen molar-refractivity contribution in [3.05, 3.63) is 47.9 Å². The van der Waals surface area contributed by atoms with Crippen LogP contribution in [0.4, 0.5) is 20.7 Å². The number of hydrogen-bond donors (Lipinski definition) is 4. The molecule has 3 aromatic rings. The Morgan fingerprint density at radius 1 is 1.12 bits per heavy atom. The standard InChI is InChI=1S/C29H33FN6O4/c1-16-10-21(30)23(34-28(39)32-19-14-29(2,3)15-19)12-20(16)22-13-25(40-9-8-37)36-26(33-22)18-6-7-31-24(11-18)35-27(38)17-4-5-17/h6-7,10-13,17,19,37H,4-5,8-9,14-15H2,1-3H3,(H,31,35,38)(H2,32,34,39). The lowest BCUT2D eigenvalue weighted by molar-refractivity contribution is -0.117. The van der Waals surface area contributed by atoms with Crippen molar-refractivity contribution in [1.82, 2.24) is 20.3 Å². The normalized spacial score (nSPS) is 16.1. The Kier molecular flexibility index (Phi) is 7.66. The molecule has 11 heteroatoms. The van der Waals surface area contributed by atoms with E-state index >= 15 is 0 Å². The maximum absolute atomic E-state index is 14.9. The second kappa shape index (κ2) is 11.2. The summed E-state index contributed by atoms with van der Waals surface area (Å²) >= 11 is 0. The number of amides is 3. The van der Waals surface area contributed by atoms with Gasteiger partial charge in [-0.1, -0.05) is 13.8 Å². The number of rotatable bonds is 9. The lowest BCUT2D eigenvalue weighted by atomic mass is 9.68. The van der Waals surface area contributed by atoms with Gasteiger partial charge in [-0.2, -0.15) is 4.98 Å². The van der Waals surface area contributed by atoms with Crippen molar-refractivity contribution in [2.75, 3.05) is 23.8 Å². The van der Waals surface area contributed by atoms with Crippen LogP contribution >= 0.6 is 0 Å². The SMILES string of the molecule is Cc1cc(F)c(NC(=O)NC2CC(C)(C)C2)cc1-c1cc(OCCO)nc(-c2ccnc(NC(=O)C3CC3)c2)n1. The van der Waals surface area contributed by atoms with Crippen LogP contribution in [0, 0.1) is 24.1 Å². The molecule has 0 aliphatic heterocycles. The van der Waals surface area contributed by atoms with Gasteiger partial charge in [0, 0.05) is 35.3 Å². The fraction of sp³-hybridized carbons (Fsp3) is 0.414. The topological polar surface area (TPSA) is 138 Å². The molecule has 0 spiro atoms. The fourth-order valence-corrected chi connectivity index (χ4v) is 4.89. The van der Waals surface area contributed by atoms with Gasteiger partial charge in [-0.3, -0.25) is 4.79 Å². The van der Waals surface area contributed by atoms with Crippen LogP contribution in [0.5, 0.6) is 5.88 Å². The molecule has 2 heterocycles. The lowest BCUT2D eigenvalue weighted by Gasteiger charge is -2.42. The quantitative estimate of drug-likeness (QED) is 0.304. The van der Waals surface area contributed by atoms with Crippen LogP contribution in [0.2, 0.25) is 0 Å². The number of benzene rings is 1. The van der Waals surface area contributed by atoms with Crippen molar-refractivity contribution in [2.45, 2.75) is 52.5 Å². The van der Waals surface area contributed by atoms with E-state index in [-0.39, 0.29) is 48.1 Å². The van der Waals surface area contributed by atoms with E-state index in [1.54, 1.807) is 31.3 Å². The molecule has 0 radical (unpaired) electrons. The summed E-state index contributed by atoms with van der Waals surface area (Å²) in [5.74, 6) is 0.262. The summed E-state index contributed by atoms with van der Waals surface area (Å²) < 4.78 is 20.5. The molecule has 0 unspecified atom stereocenters. The van der Waals surface area contributed by atoms with Crippen molar-refractivity contribution >= 4 is 23.4 Å². The van der Waals surface area contributed by atoms with Crippen LogP contribution in [0.15, 0.2) is 36.5 Å².